The molecule has 0 unspecified atom stereocenters. The number of nitrogens with zero attached hydrogens (tertiary/aromatic N) is 2. The second-order valence-electron chi connectivity index (χ2n) is 8.54. The van der Waals surface area contributed by atoms with Crippen LogP contribution < -0.4 is 10.2 Å². The van der Waals surface area contributed by atoms with Crippen molar-refractivity contribution in [3.63, 3.8) is 0 Å². The maximum atomic E-state index is 6.00. The molecule has 0 bridgehead atoms. The Morgan fingerprint density at radius 3 is 2.53 bits per heavy atom. The first-order chi connectivity index (χ1) is 15.8. The summed E-state index contributed by atoms with van der Waals surface area (Å²) in [5.74, 6) is 0. The van der Waals surface area contributed by atoms with Gasteiger partial charge in [-0.25, -0.2) is 0 Å². The fourth-order valence-corrected chi connectivity index (χ4v) is 4.73. The fraction of sp³-hybridized carbons (Fsp3) is 0.179. The van der Waals surface area contributed by atoms with E-state index in [-0.39, 0.29) is 0 Å². The number of aromatic nitrogens is 1. The first kappa shape index (κ1) is 19.1. The first-order valence-electron chi connectivity index (χ1n) is 11.2. The van der Waals surface area contributed by atoms with Crippen molar-refractivity contribution in [2.75, 3.05) is 31.1 Å². The molecular formula is C28H25N3O. The van der Waals surface area contributed by atoms with Crippen LogP contribution in [0, 0.1) is 6.92 Å². The van der Waals surface area contributed by atoms with Gasteiger partial charge in [-0.2, -0.15) is 0 Å². The van der Waals surface area contributed by atoms with Crippen molar-refractivity contribution >= 4 is 27.6 Å². The van der Waals surface area contributed by atoms with Crippen molar-refractivity contribution in [1.29, 1.82) is 0 Å². The Hall–Kier alpha value is -3.63. The second kappa shape index (κ2) is 7.81. The van der Waals surface area contributed by atoms with Crippen LogP contribution in [-0.2, 0) is 0 Å². The number of hydrogen-bond donors (Lipinski definition) is 1. The van der Waals surface area contributed by atoms with Crippen molar-refractivity contribution in [2.45, 2.75) is 6.92 Å². The van der Waals surface area contributed by atoms with E-state index in [1.54, 1.807) is 0 Å². The molecule has 32 heavy (non-hydrogen) atoms. The summed E-state index contributed by atoms with van der Waals surface area (Å²) < 4.78 is 6.00. The van der Waals surface area contributed by atoms with Gasteiger partial charge < -0.3 is 14.6 Å². The van der Waals surface area contributed by atoms with E-state index in [1.165, 1.54) is 27.6 Å². The summed E-state index contributed by atoms with van der Waals surface area (Å²) in [4.78, 5) is 7.25. The molecule has 3 aromatic carbocycles. The van der Waals surface area contributed by atoms with Gasteiger partial charge in [-0.05, 0) is 52.6 Å². The lowest BCUT2D eigenvalue weighted by Gasteiger charge is -2.29. The van der Waals surface area contributed by atoms with Crippen molar-refractivity contribution in [3.05, 3.63) is 84.8 Å². The summed E-state index contributed by atoms with van der Waals surface area (Å²) in [5, 5.41) is 5.86. The number of aryl methyl sites for hydroxylation is 1. The number of piperazine rings is 1. The smallest absolute Gasteiger partial charge is 0.153 e. The molecule has 5 aromatic rings. The van der Waals surface area contributed by atoms with Crippen molar-refractivity contribution < 1.29 is 4.42 Å². The molecule has 0 radical (unpaired) electrons. The van der Waals surface area contributed by atoms with Crippen molar-refractivity contribution in [2.24, 2.45) is 0 Å². The summed E-state index contributed by atoms with van der Waals surface area (Å²) in [6, 6.07) is 23.8. The zero-order valence-corrected chi connectivity index (χ0v) is 18.1. The number of benzene rings is 3. The van der Waals surface area contributed by atoms with Crippen LogP contribution in [0.4, 0.5) is 5.69 Å². The molecule has 0 spiro atoms. The highest BCUT2D eigenvalue weighted by molar-refractivity contribution is 6.03. The zero-order valence-electron chi connectivity index (χ0n) is 18.1. The first-order valence-corrected chi connectivity index (χ1v) is 11.2. The van der Waals surface area contributed by atoms with Gasteiger partial charge in [0.05, 0.1) is 0 Å². The third-order valence-corrected chi connectivity index (χ3v) is 6.39. The van der Waals surface area contributed by atoms with E-state index in [2.05, 4.69) is 83.9 Å². The molecule has 3 heterocycles. The third kappa shape index (κ3) is 3.33. The summed E-state index contributed by atoms with van der Waals surface area (Å²) in [6.45, 7) is 6.32. The lowest BCUT2D eigenvalue weighted by atomic mass is 9.97. The van der Waals surface area contributed by atoms with Crippen LogP contribution in [-0.4, -0.2) is 31.2 Å². The number of furan rings is 1. The minimum Gasteiger partial charge on any atom is -0.462 e. The van der Waals surface area contributed by atoms with Gasteiger partial charge in [-0.1, -0.05) is 48.5 Å². The lowest BCUT2D eigenvalue weighted by molar-refractivity contribution is 0.589. The van der Waals surface area contributed by atoms with Gasteiger partial charge in [0.1, 0.15) is 11.8 Å². The number of anilines is 1. The molecule has 4 nitrogen and oxygen atoms in total. The molecule has 158 valence electrons. The molecule has 0 saturated carbocycles. The lowest BCUT2D eigenvalue weighted by Crippen LogP contribution is -2.43. The SMILES string of the molecule is Cc1cc(-c2coc3cc(-c4ccc(N5CCNCC5)cc4)cnc23)c2ccccc2c1. The molecule has 1 saturated heterocycles. The Kier molecular flexibility index (Phi) is 4.66. The van der Waals surface area contributed by atoms with Gasteiger partial charge in [-0.15, -0.1) is 0 Å². The van der Waals surface area contributed by atoms with Crippen LogP contribution >= 0.6 is 0 Å². The maximum absolute atomic E-state index is 6.00. The summed E-state index contributed by atoms with van der Waals surface area (Å²) in [5.41, 5.74) is 8.65. The van der Waals surface area contributed by atoms with Gasteiger partial charge in [0.2, 0.25) is 0 Å². The standard InChI is InChI=1S/C28H25N3O/c1-19-14-21-4-2-3-5-24(21)25(15-19)26-18-32-27-16-22(17-30-28(26)27)20-6-8-23(9-7-20)31-12-10-29-11-13-31/h2-9,14-18,29H,10-13H2,1H3. The van der Waals surface area contributed by atoms with E-state index in [0.717, 1.165) is 54.0 Å². The van der Waals surface area contributed by atoms with E-state index in [4.69, 9.17) is 9.40 Å². The molecule has 1 fully saturated rings. The molecule has 0 atom stereocenters. The van der Waals surface area contributed by atoms with Gasteiger partial charge in [0, 0.05) is 49.2 Å². The van der Waals surface area contributed by atoms with Gasteiger partial charge >= 0.3 is 0 Å². The Labute approximate surface area is 187 Å². The molecule has 0 amide bonds. The molecule has 1 aliphatic heterocycles. The Morgan fingerprint density at radius 1 is 0.875 bits per heavy atom. The van der Waals surface area contributed by atoms with E-state index in [1.807, 2.05) is 12.5 Å². The quantitative estimate of drug-likeness (QED) is 0.387. The second-order valence-corrected chi connectivity index (χ2v) is 8.54. The van der Waals surface area contributed by atoms with Crippen LogP contribution in [0.5, 0.6) is 0 Å². The molecule has 0 aliphatic carbocycles. The van der Waals surface area contributed by atoms with Crippen LogP contribution in [0.3, 0.4) is 0 Å². The Bertz CT molecular complexity index is 1410. The fourth-order valence-electron chi connectivity index (χ4n) is 4.73. The molecular weight excluding hydrogens is 394 g/mol. The van der Waals surface area contributed by atoms with Crippen molar-refractivity contribution in [3.8, 4) is 22.3 Å². The molecule has 1 aliphatic rings. The monoisotopic (exact) mass is 419 g/mol. The topological polar surface area (TPSA) is 41.3 Å². The highest BCUT2D eigenvalue weighted by Crippen LogP contribution is 2.36. The average molecular weight is 420 g/mol. The van der Waals surface area contributed by atoms with Crippen molar-refractivity contribution in [1.82, 2.24) is 10.3 Å². The highest BCUT2D eigenvalue weighted by atomic mass is 16.3. The van der Waals surface area contributed by atoms with Crippen LogP contribution in [0.25, 0.3) is 44.1 Å². The van der Waals surface area contributed by atoms with E-state index >= 15 is 0 Å². The van der Waals surface area contributed by atoms with E-state index in [9.17, 15) is 0 Å². The minimum atomic E-state index is 0.814. The van der Waals surface area contributed by atoms with Gasteiger partial charge in [0.25, 0.3) is 0 Å². The van der Waals surface area contributed by atoms with Gasteiger partial charge in [-0.3, -0.25) is 4.98 Å². The van der Waals surface area contributed by atoms with E-state index in [0.29, 0.717) is 0 Å². The summed E-state index contributed by atoms with van der Waals surface area (Å²) in [6.07, 6.45) is 3.80. The molecule has 1 N–H and O–H groups in total. The largest absolute Gasteiger partial charge is 0.462 e. The Balaban J connectivity index is 1.37. The Morgan fingerprint density at radius 2 is 1.69 bits per heavy atom. The molecule has 4 heteroatoms. The third-order valence-electron chi connectivity index (χ3n) is 6.39. The number of fused-ring (bicyclic) bond motifs is 2. The molecule has 2 aromatic heterocycles. The number of rotatable bonds is 3. The average Bonchev–Trinajstić information content (AvgIpc) is 3.27. The van der Waals surface area contributed by atoms with Gasteiger partial charge in [0.15, 0.2) is 5.58 Å². The zero-order chi connectivity index (χ0) is 21.5. The normalized spacial score (nSPS) is 14.3. The summed E-state index contributed by atoms with van der Waals surface area (Å²) in [7, 11) is 0. The predicted molar refractivity (Wildman–Crippen MR) is 132 cm³/mol. The van der Waals surface area contributed by atoms with E-state index < -0.39 is 0 Å². The van der Waals surface area contributed by atoms with Crippen LogP contribution in [0.1, 0.15) is 5.56 Å². The minimum absolute atomic E-state index is 0.814. The number of nitrogens with one attached hydrogen (secondary N) is 1. The van der Waals surface area contributed by atoms with Crippen LogP contribution in [0.15, 0.2) is 83.6 Å². The summed E-state index contributed by atoms with van der Waals surface area (Å²) >= 11 is 0. The number of hydrogen-bond acceptors (Lipinski definition) is 4. The van der Waals surface area contributed by atoms with Crippen LogP contribution in [0.2, 0.25) is 0 Å². The number of pyridine rings is 1. The highest BCUT2D eigenvalue weighted by Gasteiger charge is 2.15. The maximum Gasteiger partial charge on any atom is 0.153 e. The predicted octanol–water partition coefficient (Wildman–Crippen LogP) is 6.03. The molecule has 6 rings (SSSR count).